The van der Waals surface area contributed by atoms with Crippen molar-refractivity contribution in [2.75, 3.05) is 26.2 Å². The third-order valence-electron chi connectivity index (χ3n) is 5.02. The summed E-state index contributed by atoms with van der Waals surface area (Å²) in [6.45, 7) is 0.970. The Balaban J connectivity index is 1.51. The van der Waals surface area contributed by atoms with Crippen LogP contribution < -0.4 is 11.2 Å². The number of amides is 1. The zero-order valence-electron chi connectivity index (χ0n) is 15.0. The van der Waals surface area contributed by atoms with E-state index in [1.807, 2.05) is 17.5 Å². The van der Waals surface area contributed by atoms with Crippen molar-refractivity contribution in [1.29, 1.82) is 0 Å². The minimum absolute atomic E-state index is 0.0976. The summed E-state index contributed by atoms with van der Waals surface area (Å²) in [7, 11) is -3.27. The molecule has 1 amide bonds. The Morgan fingerprint density at radius 1 is 1.18 bits per heavy atom. The summed E-state index contributed by atoms with van der Waals surface area (Å²) in [6, 6.07) is 3.63. The highest BCUT2D eigenvalue weighted by Crippen LogP contribution is 2.31. The third kappa shape index (κ3) is 3.56. The van der Waals surface area contributed by atoms with Gasteiger partial charge in [0.1, 0.15) is 5.56 Å². The van der Waals surface area contributed by atoms with Crippen molar-refractivity contribution in [3.05, 3.63) is 55.0 Å². The molecule has 2 aromatic rings. The minimum atomic E-state index is -3.27. The molecule has 1 saturated heterocycles. The number of carbonyl (C=O) groups is 1. The van der Waals surface area contributed by atoms with E-state index in [2.05, 4.69) is 4.98 Å². The number of thiophene rings is 1. The van der Waals surface area contributed by atoms with E-state index in [-0.39, 0.29) is 43.5 Å². The van der Waals surface area contributed by atoms with E-state index >= 15 is 0 Å². The van der Waals surface area contributed by atoms with Crippen LogP contribution in [-0.4, -0.2) is 64.5 Å². The highest BCUT2D eigenvalue weighted by Gasteiger charge is 2.41. The molecule has 0 unspecified atom stereocenters. The van der Waals surface area contributed by atoms with Crippen LogP contribution in [0.2, 0.25) is 0 Å². The SMILES string of the molecule is O=C(c1c[nH]c(=O)n(Cc2cccs2)c1=O)N1CCN(S(=O)(=O)C2CC2)CC1. The number of nitrogens with zero attached hydrogens (tertiary/aromatic N) is 3. The molecule has 0 aromatic carbocycles. The van der Waals surface area contributed by atoms with Gasteiger partial charge in [-0.05, 0) is 24.3 Å². The molecule has 0 bridgehead atoms. The third-order valence-corrected chi connectivity index (χ3v) is 8.28. The van der Waals surface area contributed by atoms with E-state index in [0.29, 0.717) is 12.8 Å². The fourth-order valence-electron chi connectivity index (χ4n) is 3.26. The fraction of sp³-hybridized carbons (Fsp3) is 0.471. The number of piperazine rings is 1. The number of carbonyl (C=O) groups excluding carboxylic acids is 1. The number of nitrogens with one attached hydrogen (secondary N) is 1. The van der Waals surface area contributed by atoms with Crippen LogP contribution in [0.5, 0.6) is 0 Å². The van der Waals surface area contributed by atoms with E-state index in [0.717, 1.165) is 15.6 Å². The zero-order chi connectivity index (χ0) is 19.9. The van der Waals surface area contributed by atoms with Crippen molar-refractivity contribution in [2.45, 2.75) is 24.6 Å². The molecular weight excluding hydrogens is 404 g/mol. The lowest BCUT2D eigenvalue weighted by molar-refractivity contribution is 0.0694. The first-order valence-corrected chi connectivity index (χ1v) is 11.4. The average Bonchev–Trinajstić information content (AvgIpc) is 3.43. The maximum Gasteiger partial charge on any atom is 0.328 e. The van der Waals surface area contributed by atoms with Crippen LogP contribution >= 0.6 is 11.3 Å². The van der Waals surface area contributed by atoms with Crippen LogP contribution in [0.15, 0.2) is 33.3 Å². The highest BCUT2D eigenvalue weighted by atomic mass is 32.2. The van der Waals surface area contributed by atoms with E-state index in [4.69, 9.17) is 0 Å². The van der Waals surface area contributed by atoms with Crippen molar-refractivity contribution < 1.29 is 13.2 Å². The summed E-state index contributed by atoms with van der Waals surface area (Å²) in [5.41, 5.74) is -1.33. The molecule has 2 aliphatic rings. The molecule has 150 valence electrons. The van der Waals surface area contributed by atoms with Crippen molar-refractivity contribution in [3.63, 3.8) is 0 Å². The van der Waals surface area contributed by atoms with Crippen molar-refractivity contribution >= 4 is 27.3 Å². The fourth-order valence-corrected chi connectivity index (χ4v) is 5.78. The monoisotopic (exact) mass is 424 g/mol. The standard InChI is InChI=1S/C17H20N4O5S2/c22-15(19-5-7-20(8-6-19)28(25,26)13-3-4-13)14-10-18-17(24)21(16(14)23)11-12-2-1-9-27-12/h1-2,9-10,13H,3-8,11H2,(H,18,24). The number of rotatable bonds is 5. The molecule has 1 saturated carbocycles. The van der Waals surface area contributed by atoms with Gasteiger partial charge in [0.15, 0.2) is 0 Å². The molecule has 4 rings (SSSR count). The normalized spacial score (nSPS) is 18.4. The number of aromatic amines is 1. The van der Waals surface area contributed by atoms with Gasteiger partial charge in [-0.25, -0.2) is 13.2 Å². The van der Waals surface area contributed by atoms with Crippen LogP contribution in [0.4, 0.5) is 0 Å². The Hall–Kier alpha value is -2.24. The molecule has 2 aromatic heterocycles. The van der Waals surface area contributed by atoms with Crippen LogP contribution in [0.25, 0.3) is 0 Å². The van der Waals surface area contributed by atoms with Crippen LogP contribution in [-0.2, 0) is 16.6 Å². The van der Waals surface area contributed by atoms with Gasteiger partial charge in [-0.2, -0.15) is 4.31 Å². The lowest BCUT2D eigenvalue weighted by Gasteiger charge is -2.34. The summed E-state index contributed by atoms with van der Waals surface area (Å²) in [5.74, 6) is -0.496. The lowest BCUT2D eigenvalue weighted by Crippen LogP contribution is -2.52. The molecule has 28 heavy (non-hydrogen) atoms. The number of hydrogen-bond acceptors (Lipinski definition) is 6. The first kappa shape index (κ1) is 19.1. The zero-order valence-corrected chi connectivity index (χ0v) is 16.7. The predicted octanol–water partition coefficient (Wildman–Crippen LogP) is -0.104. The second kappa shape index (κ2) is 7.30. The van der Waals surface area contributed by atoms with E-state index in [9.17, 15) is 22.8 Å². The first-order valence-electron chi connectivity index (χ1n) is 9.01. The van der Waals surface area contributed by atoms with Gasteiger partial charge in [0.25, 0.3) is 11.5 Å². The second-order valence-corrected chi connectivity index (χ2v) is 10.2. The van der Waals surface area contributed by atoms with E-state index < -0.39 is 27.2 Å². The van der Waals surface area contributed by atoms with Gasteiger partial charge < -0.3 is 9.88 Å². The van der Waals surface area contributed by atoms with Gasteiger partial charge >= 0.3 is 5.69 Å². The lowest BCUT2D eigenvalue weighted by atomic mass is 10.2. The topological polar surface area (TPSA) is 113 Å². The highest BCUT2D eigenvalue weighted by molar-refractivity contribution is 7.90. The summed E-state index contributed by atoms with van der Waals surface area (Å²) in [6.07, 6.45) is 2.54. The minimum Gasteiger partial charge on any atom is -0.336 e. The molecule has 0 radical (unpaired) electrons. The van der Waals surface area contributed by atoms with E-state index in [1.54, 1.807) is 0 Å². The number of hydrogen-bond donors (Lipinski definition) is 1. The van der Waals surface area contributed by atoms with Crippen LogP contribution in [0.1, 0.15) is 28.1 Å². The van der Waals surface area contributed by atoms with Gasteiger partial charge in [-0.1, -0.05) is 6.07 Å². The van der Waals surface area contributed by atoms with Gasteiger partial charge in [0, 0.05) is 37.3 Å². The number of sulfonamides is 1. The quantitative estimate of drug-likeness (QED) is 0.720. The van der Waals surface area contributed by atoms with Gasteiger partial charge in [0.05, 0.1) is 11.8 Å². The smallest absolute Gasteiger partial charge is 0.328 e. The Morgan fingerprint density at radius 3 is 2.50 bits per heavy atom. The summed E-state index contributed by atoms with van der Waals surface area (Å²) >= 11 is 1.42. The van der Waals surface area contributed by atoms with Gasteiger partial charge in [0.2, 0.25) is 10.0 Å². The maximum atomic E-state index is 12.8. The predicted molar refractivity (Wildman–Crippen MR) is 104 cm³/mol. The molecule has 1 N–H and O–H groups in total. The Morgan fingerprint density at radius 2 is 1.89 bits per heavy atom. The Bertz CT molecular complexity index is 1090. The Kier molecular flexibility index (Phi) is 4.98. The van der Waals surface area contributed by atoms with Crippen LogP contribution in [0.3, 0.4) is 0 Å². The van der Waals surface area contributed by atoms with Crippen LogP contribution in [0, 0.1) is 0 Å². The summed E-state index contributed by atoms with van der Waals surface area (Å²) < 4.78 is 27.1. The van der Waals surface area contributed by atoms with Crippen molar-refractivity contribution in [2.24, 2.45) is 0 Å². The van der Waals surface area contributed by atoms with Crippen molar-refractivity contribution in [1.82, 2.24) is 18.8 Å². The second-order valence-electron chi connectivity index (χ2n) is 6.91. The number of aromatic nitrogens is 2. The molecule has 2 fully saturated rings. The molecule has 0 spiro atoms. The molecule has 1 aliphatic heterocycles. The molecule has 9 nitrogen and oxygen atoms in total. The summed E-state index contributed by atoms with van der Waals surface area (Å²) in [5, 5.41) is 1.57. The largest absolute Gasteiger partial charge is 0.336 e. The molecule has 11 heteroatoms. The Labute approximate surface area is 165 Å². The number of H-pyrrole nitrogens is 1. The van der Waals surface area contributed by atoms with Gasteiger partial charge in [-0.3, -0.25) is 14.2 Å². The van der Waals surface area contributed by atoms with Crippen molar-refractivity contribution in [3.8, 4) is 0 Å². The molecule has 3 heterocycles. The maximum absolute atomic E-state index is 12.8. The molecule has 0 atom stereocenters. The molecule has 1 aliphatic carbocycles. The summed E-state index contributed by atoms with van der Waals surface area (Å²) in [4.78, 5) is 42.3. The molecular formula is C17H20N4O5S2. The van der Waals surface area contributed by atoms with E-state index in [1.165, 1.54) is 20.5 Å². The average molecular weight is 425 g/mol. The van der Waals surface area contributed by atoms with Gasteiger partial charge in [-0.15, -0.1) is 11.3 Å². The first-order chi connectivity index (χ1) is 13.4.